The minimum absolute atomic E-state index is 0.0778. The van der Waals surface area contributed by atoms with Gasteiger partial charge in [-0.1, -0.05) is 11.6 Å². The highest BCUT2D eigenvalue weighted by Crippen LogP contribution is 2.41. The van der Waals surface area contributed by atoms with Crippen molar-refractivity contribution in [3.8, 4) is 11.5 Å². The van der Waals surface area contributed by atoms with E-state index in [4.69, 9.17) is 20.8 Å². The minimum atomic E-state index is -4.74. The van der Waals surface area contributed by atoms with Crippen molar-refractivity contribution in [2.75, 3.05) is 0 Å². The lowest BCUT2D eigenvalue weighted by Gasteiger charge is -2.17. The summed E-state index contributed by atoms with van der Waals surface area (Å²) in [6.45, 7) is 0. The number of fused-ring (bicyclic) bond motifs is 3. The Bertz CT molecular complexity index is 1240. The summed E-state index contributed by atoms with van der Waals surface area (Å²) in [5, 5.41) is 12.0. The fraction of sp³-hybridized carbons (Fsp3) is 0.250. The van der Waals surface area contributed by atoms with E-state index in [1.54, 1.807) is 0 Å². The molecular formula is C20H13ClF3NO5. The Morgan fingerprint density at radius 3 is 2.43 bits per heavy atom. The quantitative estimate of drug-likeness (QED) is 0.282. The summed E-state index contributed by atoms with van der Waals surface area (Å²) in [5.41, 5.74) is -0.865. The van der Waals surface area contributed by atoms with Crippen molar-refractivity contribution in [1.29, 1.82) is 0 Å². The minimum Gasteiger partial charge on any atom is -0.448 e. The molecule has 0 spiro atoms. The van der Waals surface area contributed by atoms with Gasteiger partial charge in [0.15, 0.2) is 0 Å². The number of halogens is 4. The van der Waals surface area contributed by atoms with Crippen molar-refractivity contribution in [1.82, 2.24) is 0 Å². The summed E-state index contributed by atoms with van der Waals surface area (Å²) in [6.07, 6.45) is -1.64. The van der Waals surface area contributed by atoms with E-state index in [0.29, 0.717) is 35.9 Å². The molecule has 30 heavy (non-hydrogen) atoms. The lowest BCUT2D eigenvalue weighted by atomic mass is 9.91. The van der Waals surface area contributed by atoms with Crippen molar-refractivity contribution in [3.63, 3.8) is 0 Å². The van der Waals surface area contributed by atoms with E-state index >= 15 is 0 Å². The van der Waals surface area contributed by atoms with Gasteiger partial charge in [-0.25, -0.2) is 4.79 Å². The molecule has 1 heterocycles. The highest BCUT2D eigenvalue weighted by atomic mass is 35.5. The van der Waals surface area contributed by atoms with E-state index in [2.05, 4.69) is 0 Å². The van der Waals surface area contributed by atoms with Crippen LogP contribution in [0.5, 0.6) is 11.5 Å². The van der Waals surface area contributed by atoms with E-state index in [1.807, 2.05) is 0 Å². The molecule has 10 heteroatoms. The molecule has 0 amide bonds. The van der Waals surface area contributed by atoms with Crippen molar-refractivity contribution >= 4 is 28.3 Å². The maximum Gasteiger partial charge on any atom is 0.416 e. The van der Waals surface area contributed by atoms with Gasteiger partial charge < -0.3 is 9.15 Å². The number of hydrogen-bond donors (Lipinski definition) is 0. The van der Waals surface area contributed by atoms with Crippen molar-refractivity contribution in [2.45, 2.75) is 31.9 Å². The summed E-state index contributed by atoms with van der Waals surface area (Å²) in [5.74, 6) is -0.500. The predicted octanol–water partition coefficient (Wildman–Crippen LogP) is 6.04. The average Bonchev–Trinajstić information content (AvgIpc) is 2.69. The van der Waals surface area contributed by atoms with Crippen LogP contribution in [0.1, 0.15) is 29.5 Å². The van der Waals surface area contributed by atoms with Crippen LogP contribution in [-0.4, -0.2) is 4.92 Å². The predicted molar refractivity (Wildman–Crippen MR) is 102 cm³/mol. The maximum atomic E-state index is 12.9. The number of alkyl halides is 3. The Morgan fingerprint density at radius 1 is 1.07 bits per heavy atom. The third kappa shape index (κ3) is 3.60. The Hall–Kier alpha value is -3.07. The summed E-state index contributed by atoms with van der Waals surface area (Å²) in [4.78, 5) is 22.6. The van der Waals surface area contributed by atoms with Crippen LogP contribution in [0.3, 0.4) is 0 Å². The molecular weight excluding hydrogens is 427 g/mol. The molecule has 0 N–H and O–H groups in total. The lowest BCUT2D eigenvalue weighted by molar-refractivity contribution is -0.385. The maximum absolute atomic E-state index is 12.9. The zero-order valence-corrected chi connectivity index (χ0v) is 16.0. The number of ether oxygens (including phenoxy) is 1. The van der Waals surface area contributed by atoms with Gasteiger partial charge in [-0.05, 0) is 49.4 Å². The molecule has 4 rings (SSSR count). The zero-order chi connectivity index (χ0) is 21.6. The molecule has 0 saturated heterocycles. The van der Waals surface area contributed by atoms with Crippen LogP contribution >= 0.6 is 11.6 Å². The first-order chi connectivity index (χ1) is 14.1. The van der Waals surface area contributed by atoms with Gasteiger partial charge in [0, 0.05) is 23.1 Å². The van der Waals surface area contributed by atoms with Gasteiger partial charge in [-0.3, -0.25) is 10.1 Å². The monoisotopic (exact) mass is 439 g/mol. The molecule has 1 aromatic heterocycles. The van der Waals surface area contributed by atoms with E-state index in [9.17, 15) is 28.1 Å². The Morgan fingerprint density at radius 2 is 1.77 bits per heavy atom. The van der Waals surface area contributed by atoms with Gasteiger partial charge in [0.2, 0.25) is 5.75 Å². The number of nitro benzene ring substituents is 1. The molecule has 0 fully saturated rings. The fourth-order valence-corrected chi connectivity index (χ4v) is 3.77. The van der Waals surface area contributed by atoms with Crippen LogP contribution in [0, 0.1) is 10.1 Å². The summed E-state index contributed by atoms with van der Waals surface area (Å²) < 4.78 is 49.4. The number of benzene rings is 2. The smallest absolute Gasteiger partial charge is 0.416 e. The van der Waals surface area contributed by atoms with Crippen molar-refractivity contribution in [3.05, 3.63) is 72.6 Å². The first-order valence-electron chi connectivity index (χ1n) is 8.97. The van der Waals surface area contributed by atoms with Gasteiger partial charge >= 0.3 is 17.5 Å². The molecule has 1 aliphatic rings. The number of rotatable bonds is 3. The summed E-state index contributed by atoms with van der Waals surface area (Å²) in [7, 11) is 0. The second-order valence-electron chi connectivity index (χ2n) is 6.87. The molecule has 3 aromatic rings. The molecule has 0 atom stereocenters. The standard InChI is InChI=1S/C20H13ClF3NO5/c21-14-8-13-11-3-1-2-4-12(11)19(26)30-17(13)9-18(14)29-16-6-5-10(20(22,23)24)7-15(16)25(27)28/h5-9H,1-4H2. The summed E-state index contributed by atoms with van der Waals surface area (Å²) >= 11 is 6.28. The number of nitrogens with zero attached hydrogens (tertiary/aromatic N) is 1. The number of hydrogen-bond acceptors (Lipinski definition) is 5. The van der Waals surface area contributed by atoms with E-state index in [-0.39, 0.29) is 16.4 Å². The SMILES string of the molecule is O=c1oc2cc(Oc3ccc(C(F)(F)F)cc3[N+](=O)[O-])c(Cl)cc2c2c1CCCC2. The molecule has 0 bridgehead atoms. The normalized spacial score (nSPS) is 13.9. The van der Waals surface area contributed by atoms with Crippen LogP contribution < -0.4 is 10.4 Å². The highest BCUT2D eigenvalue weighted by Gasteiger charge is 2.33. The van der Waals surface area contributed by atoms with Crippen LogP contribution in [0.15, 0.2) is 39.5 Å². The molecule has 2 aromatic carbocycles. The van der Waals surface area contributed by atoms with Crippen LogP contribution in [0.4, 0.5) is 18.9 Å². The molecule has 0 aliphatic heterocycles. The zero-order valence-electron chi connectivity index (χ0n) is 15.2. The lowest BCUT2D eigenvalue weighted by Crippen LogP contribution is -2.15. The van der Waals surface area contributed by atoms with Gasteiger partial charge in [0.05, 0.1) is 15.5 Å². The van der Waals surface area contributed by atoms with Gasteiger partial charge in [-0.15, -0.1) is 0 Å². The molecule has 1 aliphatic carbocycles. The van der Waals surface area contributed by atoms with Crippen LogP contribution in [0.25, 0.3) is 11.0 Å². The molecule has 0 radical (unpaired) electrons. The third-order valence-electron chi connectivity index (χ3n) is 4.98. The number of aryl methyl sites for hydroxylation is 1. The first kappa shape index (κ1) is 20.2. The second-order valence-corrected chi connectivity index (χ2v) is 7.28. The van der Waals surface area contributed by atoms with Gasteiger partial charge in [0.25, 0.3) is 0 Å². The Balaban J connectivity index is 1.80. The summed E-state index contributed by atoms with van der Waals surface area (Å²) in [6, 6.07) is 4.77. The van der Waals surface area contributed by atoms with E-state index in [1.165, 1.54) is 12.1 Å². The Kier molecular flexibility index (Phi) is 4.93. The van der Waals surface area contributed by atoms with E-state index < -0.39 is 33.7 Å². The largest absolute Gasteiger partial charge is 0.448 e. The average molecular weight is 440 g/mol. The van der Waals surface area contributed by atoms with Crippen molar-refractivity contribution in [2.24, 2.45) is 0 Å². The molecule has 156 valence electrons. The highest BCUT2D eigenvalue weighted by molar-refractivity contribution is 6.32. The van der Waals surface area contributed by atoms with Gasteiger partial charge in [0.1, 0.15) is 11.3 Å². The van der Waals surface area contributed by atoms with Gasteiger partial charge in [-0.2, -0.15) is 13.2 Å². The third-order valence-corrected chi connectivity index (χ3v) is 5.27. The fourth-order valence-electron chi connectivity index (χ4n) is 3.56. The van der Waals surface area contributed by atoms with Crippen LogP contribution in [-0.2, 0) is 19.0 Å². The Labute approximate surface area is 172 Å². The van der Waals surface area contributed by atoms with Crippen molar-refractivity contribution < 1.29 is 27.2 Å². The topological polar surface area (TPSA) is 82.6 Å². The number of nitro groups is 1. The van der Waals surface area contributed by atoms with E-state index in [0.717, 1.165) is 24.5 Å². The molecule has 0 saturated carbocycles. The van der Waals surface area contributed by atoms with Crippen LogP contribution in [0.2, 0.25) is 5.02 Å². The second kappa shape index (κ2) is 7.32. The first-order valence-corrected chi connectivity index (χ1v) is 9.34. The molecule has 6 nitrogen and oxygen atoms in total. The molecule has 0 unspecified atom stereocenters.